The molecule has 0 unspecified atom stereocenters. The van der Waals surface area contributed by atoms with E-state index in [9.17, 15) is 4.79 Å². The number of hydrogen-bond acceptors (Lipinski definition) is 4. The lowest BCUT2D eigenvalue weighted by atomic mass is 10.1. The molecule has 1 saturated carbocycles. The van der Waals surface area contributed by atoms with Gasteiger partial charge in [0.05, 0.1) is 28.1 Å². The SMILES string of the molecule is Cc1cc(C)n(CC2(CNC(=O)Nc3ccc4nc(C)c(C)nc4c3)CC2)n1. The van der Waals surface area contributed by atoms with Crippen LogP contribution in [0.2, 0.25) is 0 Å². The molecule has 0 radical (unpaired) electrons. The molecule has 2 N–H and O–H groups in total. The quantitative estimate of drug-likeness (QED) is 0.709. The minimum atomic E-state index is -0.198. The molecule has 28 heavy (non-hydrogen) atoms. The molecule has 2 aromatic heterocycles. The molecule has 0 saturated heterocycles. The van der Waals surface area contributed by atoms with Gasteiger partial charge in [0, 0.05) is 29.9 Å². The molecule has 4 rings (SSSR count). The topological polar surface area (TPSA) is 84.7 Å². The maximum atomic E-state index is 12.4. The summed E-state index contributed by atoms with van der Waals surface area (Å²) >= 11 is 0. The number of benzene rings is 1. The number of amides is 2. The Balaban J connectivity index is 1.37. The first-order chi connectivity index (χ1) is 13.3. The number of carbonyl (C=O) groups excluding carboxylic acids is 1. The third-order valence-corrected chi connectivity index (χ3v) is 5.50. The Bertz CT molecular complexity index is 1050. The van der Waals surface area contributed by atoms with Crippen molar-refractivity contribution in [3.63, 3.8) is 0 Å². The summed E-state index contributed by atoms with van der Waals surface area (Å²) in [7, 11) is 0. The standard InChI is InChI=1S/C21H26N6O/c1-13-9-14(2)27(26-13)12-21(7-8-21)11-22-20(28)25-17-5-6-18-19(10-17)24-16(4)15(3)23-18/h5-6,9-10H,7-8,11-12H2,1-4H3,(H2,22,25,28). The van der Waals surface area contributed by atoms with Gasteiger partial charge in [-0.25, -0.2) is 14.8 Å². The van der Waals surface area contributed by atoms with Crippen molar-refractivity contribution in [2.75, 3.05) is 11.9 Å². The lowest BCUT2D eigenvalue weighted by molar-refractivity contribution is 0.247. The van der Waals surface area contributed by atoms with E-state index in [-0.39, 0.29) is 11.4 Å². The maximum absolute atomic E-state index is 12.4. The van der Waals surface area contributed by atoms with Crippen LogP contribution in [0.25, 0.3) is 11.0 Å². The van der Waals surface area contributed by atoms with Gasteiger partial charge < -0.3 is 10.6 Å². The van der Waals surface area contributed by atoms with Gasteiger partial charge in [-0.1, -0.05) is 0 Å². The monoisotopic (exact) mass is 378 g/mol. The summed E-state index contributed by atoms with van der Waals surface area (Å²) in [5, 5.41) is 10.5. The molecule has 3 aromatic rings. The number of hydrogen-bond donors (Lipinski definition) is 2. The van der Waals surface area contributed by atoms with Crippen molar-refractivity contribution in [3.05, 3.63) is 47.0 Å². The Hall–Kier alpha value is -2.96. The molecule has 1 aromatic carbocycles. The van der Waals surface area contributed by atoms with Crippen LogP contribution < -0.4 is 10.6 Å². The minimum Gasteiger partial charge on any atom is -0.337 e. The van der Waals surface area contributed by atoms with Crippen molar-refractivity contribution < 1.29 is 4.79 Å². The van der Waals surface area contributed by atoms with Gasteiger partial charge in [0.2, 0.25) is 0 Å². The van der Waals surface area contributed by atoms with Gasteiger partial charge in [0.15, 0.2) is 0 Å². The predicted octanol–water partition coefficient (Wildman–Crippen LogP) is 3.66. The minimum absolute atomic E-state index is 0.115. The largest absolute Gasteiger partial charge is 0.337 e. The van der Waals surface area contributed by atoms with E-state index in [1.54, 1.807) is 0 Å². The molecule has 0 spiro atoms. The average molecular weight is 378 g/mol. The van der Waals surface area contributed by atoms with Crippen molar-refractivity contribution in [1.29, 1.82) is 0 Å². The molecule has 0 atom stereocenters. The molecule has 146 valence electrons. The van der Waals surface area contributed by atoms with Crippen LogP contribution in [0.15, 0.2) is 24.3 Å². The molecular formula is C21H26N6O. The first-order valence-electron chi connectivity index (χ1n) is 9.65. The van der Waals surface area contributed by atoms with Gasteiger partial charge in [-0.05, 0) is 64.8 Å². The van der Waals surface area contributed by atoms with E-state index >= 15 is 0 Å². The molecule has 1 aliphatic carbocycles. The molecule has 0 aliphatic heterocycles. The van der Waals surface area contributed by atoms with E-state index in [4.69, 9.17) is 0 Å². The second kappa shape index (κ2) is 6.89. The number of aryl methyl sites for hydroxylation is 4. The van der Waals surface area contributed by atoms with E-state index in [0.29, 0.717) is 12.2 Å². The average Bonchev–Trinajstić information content (AvgIpc) is 3.33. The number of nitrogens with zero attached hydrogens (tertiary/aromatic N) is 4. The Morgan fingerprint density at radius 1 is 1.07 bits per heavy atom. The van der Waals surface area contributed by atoms with Gasteiger partial charge in [-0.2, -0.15) is 5.10 Å². The molecule has 1 fully saturated rings. The normalized spacial score (nSPS) is 14.9. The summed E-state index contributed by atoms with van der Waals surface area (Å²) in [4.78, 5) is 21.5. The summed E-state index contributed by atoms with van der Waals surface area (Å²) in [5.41, 5.74) is 6.45. The fourth-order valence-electron chi connectivity index (χ4n) is 3.47. The summed E-state index contributed by atoms with van der Waals surface area (Å²) in [5.74, 6) is 0. The first kappa shape index (κ1) is 18.4. The Labute approximate surface area is 164 Å². The van der Waals surface area contributed by atoms with Crippen molar-refractivity contribution in [1.82, 2.24) is 25.1 Å². The van der Waals surface area contributed by atoms with Crippen LogP contribution in [0, 0.1) is 33.1 Å². The summed E-state index contributed by atoms with van der Waals surface area (Å²) in [6, 6.07) is 7.49. The highest BCUT2D eigenvalue weighted by molar-refractivity contribution is 5.91. The van der Waals surface area contributed by atoms with Gasteiger partial charge in [-0.15, -0.1) is 0 Å². The van der Waals surface area contributed by atoms with Gasteiger partial charge in [0.25, 0.3) is 0 Å². The van der Waals surface area contributed by atoms with Gasteiger partial charge in [-0.3, -0.25) is 4.68 Å². The van der Waals surface area contributed by atoms with E-state index in [1.165, 1.54) is 0 Å². The predicted molar refractivity (Wildman–Crippen MR) is 109 cm³/mol. The first-order valence-corrected chi connectivity index (χ1v) is 9.65. The van der Waals surface area contributed by atoms with Crippen LogP contribution in [0.4, 0.5) is 10.5 Å². The summed E-state index contributed by atoms with van der Waals surface area (Å²) in [6.07, 6.45) is 2.21. The molecule has 2 amide bonds. The third kappa shape index (κ3) is 3.83. The van der Waals surface area contributed by atoms with Crippen molar-refractivity contribution in [3.8, 4) is 0 Å². The van der Waals surface area contributed by atoms with Crippen LogP contribution in [0.1, 0.15) is 35.6 Å². The Morgan fingerprint density at radius 2 is 1.79 bits per heavy atom. The zero-order chi connectivity index (χ0) is 19.9. The molecule has 0 bridgehead atoms. The van der Waals surface area contributed by atoms with Crippen LogP contribution in [-0.2, 0) is 6.54 Å². The number of carbonyl (C=O) groups is 1. The zero-order valence-electron chi connectivity index (χ0n) is 16.8. The molecule has 7 heteroatoms. The highest BCUT2D eigenvalue weighted by Gasteiger charge is 2.43. The number of urea groups is 1. The fourth-order valence-corrected chi connectivity index (χ4v) is 3.47. The smallest absolute Gasteiger partial charge is 0.319 e. The molecular weight excluding hydrogens is 352 g/mol. The highest BCUT2D eigenvalue weighted by atomic mass is 16.2. The van der Waals surface area contributed by atoms with Crippen LogP contribution in [-0.4, -0.2) is 32.3 Å². The van der Waals surface area contributed by atoms with Crippen LogP contribution in [0.3, 0.4) is 0 Å². The number of fused-ring (bicyclic) bond motifs is 1. The Morgan fingerprint density at radius 3 is 2.43 bits per heavy atom. The van der Waals surface area contributed by atoms with E-state index in [2.05, 4.69) is 38.7 Å². The van der Waals surface area contributed by atoms with Crippen LogP contribution in [0.5, 0.6) is 0 Å². The number of aromatic nitrogens is 4. The lowest BCUT2D eigenvalue weighted by Crippen LogP contribution is -2.35. The fraction of sp³-hybridized carbons (Fsp3) is 0.429. The second-order valence-corrected chi connectivity index (χ2v) is 7.99. The van der Waals surface area contributed by atoms with Crippen LogP contribution >= 0.6 is 0 Å². The second-order valence-electron chi connectivity index (χ2n) is 7.99. The number of rotatable bonds is 5. The zero-order valence-corrected chi connectivity index (χ0v) is 16.8. The lowest BCUT2D eigenvalue weighted by Gasteiger charge is -2.17. The van der Waals surface area contributed by atoms with Crippen molar-refractivity contribution in [2.45, 2.75) is 47.1 Å². The molecule has 1 aliphatic rings. The Kier molecular flexibility index (Phi) is 4.53. The number of anilines is 1. The summed E-state index contributed by atoms with van der Waals surface area (Å²) in [6.45, 7) is 9.45. The van der Waals surface area contributed by atoms with E-state index in [0.717, 1.165) is 53.2 Å². The van der Waals surface area contributed by atoms with Crippen molar-refractivity contribution in [2.24, 2.45) is 5.41 Å². The maximum Gasteiger partial charge on any atom is 0.319 e. The van der Waals surface area contributed by atoms with Gasteiger partial charge in [0.1, 0.15) is 0 Å². The van der Waals surface area contributed by atoms with Gasteiger partial charge >= 0.3 is 6.03 Å². The summed E-state index contributed by atoms with van der Waals surface area (Å²) < 4.78 is 2.05. The van der Waals surface area contributed by atoms with E-state index in [1.807, 2.05) is 43.7 Å². The molecule has 7 nitrogen and oxygen atoms in total. The number of nitrogens with one attached hydrogen (secondary N) is 2. The third-order valence-electron chi connectivity index (χ3n) is 5.50. The van der Waals surface area contributed by atoms with Crippen molar-refractivity contribution >= 4 is 22.8 Å². The highest BCUT2D eigenvalue weighted by Crippen LogP contribution is 2.46. The van der Waals surface area contributed by atoms with E-state index < -0.39 is 0 Å². The molecule has 2 heterocycles.